The second-order valence-electron chi connectivity index (χ2n) is 11.4. The van der Waals surface area contributed by atoms with E-state index in [1.165, 1.54) is 19.4 Å². The van der Waals surface area contributed by atoms with Crippen LogP contribution in [-0.4, -0.2) is 73.2 Å². The zero-order valence-electron chi connectivity index (χ0n) is 24.8. The van der Waals surface area contributed by atoms with Crippen molar-refractivity contribution < 1.29 is 47.6 Å². The lowest BCUT2D eigenvalue weighted by Gasteiger charge is -2.32. The van der Waals surface area contributed by atoms with Crippen molar-refractivity contribution in [3.05, 3.63) is 18.0 Å². The molecule has 2 heterocycles. The Morgan fingerprint density at radius 2 is 1.81 bits per heavy atom. The van der Waals surface area contributed by atoms with Crippen molar-refractivity contribution in [1.82, 2.24) is 10.3 Å². The molecule has 1 N–H and O–H groups in total. The SMILES string of the molecule is COc1ccnc(C(=O)N[C@H]2CCC[C@H](OC3CCCC3)[C@@H](OC(=O)C3CC3)[C@H](C)OC2=O)c1OCOC(=O)C(C)C. The van der Waals surface area contributed by atoms with Crippen LogP contribution in [0.5, 0.6) is 11.5 Å². The number of amides is 1. The number of carbonyl (C=O) groups is 4. The van der Waals surface area contributed by atoms with Crippen LogP contribution in [0.15, 0.2) is 12.3 Å². The van der Waals surface area contributed by atoms with Crippen molar-refractivity contribution in [3.63, 3.8) is 0 Å². The van der Waals surface area contributed by atoms with Gasteiger partial charge in [0.05, 0.1) is 31.2 Å². The molecule has 1 aromatic heterocycles. The maximum atomic E-state index is 13.4. The van der Waals surface area contributed by atoms with E-state index in [0.717, 1.165) is 38.5 Å². The largest absolute Gasteiger partial charge is 0.493 e. The normalized spacial score (nSPS) is 25.0. The van der Waals surface area contributed by atoms with Crippen molar-refractivity contribution in [2.45, 2.75) is 109 Å². The lowest BCUT2D eigenvalue weighted by Crippen LogP contribution is -2.47. The number of cyclic esters (lactones) is 1. The van der Waals surface area contributed by atoms with Crippen LogP contribution in [0.4, 0.5) is 0 Å². The van der Waals surface area contributed by atoms with E-state index in [4.69, 9.17) is 28.4 Å². The predicted octanol–water partition coefficient (Wildman–Crippen LogP) is 3.49. The molecular weight excluding hydrogens is 548 g/mol. The highest BCUT2D eigenvalue weighted by Crippen LogP contribution is 2.34. The number of nitrogens with one attached hydrogen (secondary N) is 1. The fourth-order valence-corrected chi connectivity index (χ4v) is 5.14. The number of rotatable bonds is 11. The van der Waals surface area contributed by atoms with Gasteiger partial charge in [0, 0.05) is 12.3 Å². The highest BCUT2D eigenvalue weighted by Gasteiger charge is 2.41. The van der Waals surface area contributed by atoms with Gasteiger partial charge in [-0.2, -0.15) is 0 Å². The van der Waals surface area contributed by atoms with Gasteiger partial charge in [0.15, 0.2) is 23.3 Å². The summed E-state index contributed by atoms with van der Waals surface area (Å²) in [5, 5.41) is 2.71. The average Bonchev–Trinajstić information content (AvgIpc) is 3.69. The molecule has 1 aliphatic heterocycles. The summed E-state index contributed by atoms with van der Waals surface area (Å²) in [7, 11) is 1.40. The summed E-state index contributed by atoms with van der Waals surface area (Å²) in [6.07, 6.45) is 6.47. The topological polar surface area (TPSA) is 149 Å². The highest BCUT2D eigenvalue weighted by molar-refractivity contribution is 5.98. The van der Waals surface area contributed by atoms with Gasteiger partial charge in [0.2, 0.25) is 6.79 Å². The standard InChI is InChI=1S/C30H42N2O10/c1-17(2)28(34)39-16-38-26-22(37-4)14-15-31-24(26)27(33)32-21-10-7-11-23(41-20-8-5-6-9-20)25(18(3)40-30(21)36)42-29(35)19-12-13-19/h14-15,17-21,23,25H,5-13,16H2,1-4H3,(H,32,33)/t18-,21-,23-,25-/m0/s1. The third kappa shape index (κ3) is 8.33. The van der Waals surface area contributed by atoms with Crippen molar-refractivity contribution in [3.8, 4) is 11.5 Å². The first-order chi connectivity index (χ1) is 20.2. The summed E-state index contributed by atoms with van der Waals surface area (Å²) < 4.78 is 34.1. The van der Waals surface area contributed by atoms with Crippen LogP contribution < -0.4 is 14.8 Å². The number of pyridine rings is 1. The van der Waals surface area contributed by atoms with Gasteiger partial charge in [0.1, 0.15) is 12.1 Å². The number of aromatic nitrogens is 1. The monoisotopic (exact) mass is 590 g/mol. The molecular formula is C30H42N2O10. The summed E-state index contributed by atoms with van der Waals surface area (Å²) in [4.78, 5) is 55.3. The van der Waals surface area contributed by atoms with Crippen LogP contribution in [0.1, 0.15) is 89.0 Å². The second kappa shape index (κ2) is 14.7. The maximum Gasteiger partial charge on any atom is 0.329 e. The summed E-state index contributed by atoms with van der Waals surface area (Å²) in [6, 6.07) is 0.504. The molecule has 12 heteroatoms. The van der Waals surface area contributed by atoms with Crippen LogP contribution in [0.3, 0.4) is 0 Å². The molecule has 1 aromatic rings. The van der Waals surface area contributed by atoms with Crippen LogP contribution in [-0.2, 0) is 33.3 Å². The molecule has 1 saturated heterocycles. The fraction of sp³-hybridized carbons (Fsp3) is 0.700. The Hall–Kier alpha value is -3.41. The van der Waals surface area contributed by atoms with E-state index in [0.29, 0.717) is 12.8 Å². The number of hydrogen-bond donors (Lipinski definition) is 1. The molecule has 2 aliphatic carbocycles. The Morgan fingerprint density at radius 3 is 2.48 bits per heavy atom. The number of carbonyl (C=O) groups excluding carboxylic acids is 4. The molecule has 2 saturated carbocycles. The Labute approximate surface area is 246 Å². The molecule has 4 atom stereocenters. The smallest absolute Gasteiger partial charge is 0.329 e. The van der Waals surface area contributed by atoms with Crippen molar-refractivity contribution in [2.75, 3.05) is 13.9 Å². The first kappa shape index (κ1) is 31.5. The minimum atomic E-state index is -0.996. The quantitative estimate of drug-likeness (QED) is 0.229. The van der Waals surface area contributed by atoms with Crippen molar-refractivity contribution >= 4 is 23.8 Å². The lowest BCUT2D eigenvalue weighted by atomic mass is 10.0. The molecule has 0 spiro atoms. The van der Waals surface area contributed by atoms with Gasteiger partial charge in [-0.15, -0.1) is 0 Å². The maximum absolute atomic E-state index is 13.4. The van der Waals surface area contributed by atoms with Crippen molar-refractivity contribution in [1.29, 1.82) is 0 Å². The molecule has 3 fully saturated rings. The van der Waals surface area contributed by atoms with Crippen LogP contribution in [0.2, 0.25) is 0 Å². The molecule has 0 unspecified atom stereocenters. The number of nitrogens with zero attached hydrogens (tertiary/aromatic N) is 1. The molecule has 4 rings (SSSR count). The number of methoxy groups -OCH3 is 1. The van der Waals surface area contributed by atoms with Gasteiger partial charge in [-0.25, -0.2) is 9.78 Å². The van der Waals surface area contributed by atoms with Gasteiger partial charge in [-0.3, -0.25) is 14.4 Å². The molecule has 1 amide bonds. The van der Waals surface area contributed by atoms with Crippen LogP contribution in [0, 0.1) is 11.8 Å². The Morgan fingerprint density at radius 1 is 1.07 bits per heavy atom. The second-order valence-corrected chi connectivity index (χ2v) is 11.4. The van der Waals surface area contributed by atoms with Gasteiger partial charge in [0.25, 0.3) is 5.91 Å². The molecule has 3 aliphatic rings. The Kier molecular flexibility index (Phi) is 11.0. The number of hydrogen-bond acceptors (Lipinski definition) is 11. The highest BCUT2D eigenvalue weighted by atomic mass is 16.7. The first-order valence-electron chi connectivity index (χ1n) is 14.9. The van der Waals surface area contributed by atoms with Crippen LogP contribution >= 0.6 is 0 Å². The fourth-order valence-electron chi connectivity index (χ4n) is 5.14. The van der Waals surface area contributed by atoms with Crippen molar-refractivity contribution in [2.24, 2.45) is 11.8 Å². The molecule has 0 radical (unpaired) electrons. The van der Waals surface area contributed by atoms with Gasteiger partial charge < -0.3 is 33.7 Å². The molecule has 232 valence electrons. The zero-order chi connectivity index (χ0) is 30.2. The summed E-state index contributed by atoms with van der Waals surface area (Å²) in [5.41, 5.74) is -0.144. The molecule has 0 aromatic carbocycles. The van der Waals surface area contributed by atoms with E-state index in [-0.39, 0.29) is 47.5 Å². The third-order valence-corrected chi connectivity index (χ3v) is 7.71. The zero-order valence-corrected chi connectivity index (χ0v) is 24.8. The number of ether oxygens (including phenoxy) is 6. The summed E-state index contributed by atoms with van der Waals surface area (Å²) in [5.74, 6) is -2.40. The van der Waals surface area contributed by atoms with E-state index in [9.17, 15) is 19.2 Å². The predicted molar refractivity (Wildman–Crippen MR) is 148 cm³/mol. The van der Waals surface area contributed by atoms with Gasteiger partial charge >= 0.3 is 17.9 Å². The third-order valence-electron chi connectivity index (χ3n) is 7.71. The summed E-state index contributed by atoms with van der Waals surface area (Å²) >= 11 is 0. The minimum absolute atomic E-state index is 0.0315. The lowest BCUT2D eigenvalue weighted by molar-refractivity contribution is -0.184. The van der Waals surface area contributed by atoms with Gasteiger partial charge in [-0.1, -0.05) is 26.7 Å². The molecule has 42 heavy (non-hydrogen) atoms. The Bertz CT molecular complexity index is 1120. The van der Waals surface area contributed by atoms with E-state index < -0.39 is 49.0 Å². The molecule has 0 bridgehead atoms. The van der Waals surface area contributed by atoms with E-state index in [2.05, 4.69) is 10.3 Å². The molecule has 12 nitrogen and oxygen atoms in total. The van der Waals surface area contributed by atoms with E-state index in [1.807, 2.05) is 0 Å². The summed E-state index contributed by atoms with van der Waals surface area (Å²) in [6.45, 7) is 4.61. The van der Waals surface area contributed by atoms with E-state index in [1.54, 1.807) is 20.8 Å². The number of esters is 3. The minimum Gasteiger partial charge on any atom is -0.493 e. The first-order valence-corrected chi connectivity index (χ1v) is 14.9. The van der Waals surface area contributed by atoms with Crippen LogP contribution in [0.25, 0.3) is 0 Å². The van der Waals surface area contributed by atoms with Gasteiger partial charge in [-0.05, 0) is 51.9 Å². The van der Waals surface area contributed by atoms with E-state index >= 15 is 0 Å². The Balaban J connectivity index is 1.47. The average molecular weight is 591 g/mol.